The second kappa shape index (κ2) is 6.62. The molecule has 0 radical (unpaired) electrons. The summed E-state index contributed by atoms with van der Waals surface area (Å²) in [5.74, 6) is 0. The normalized spacial score (nSPS) is 18.7. The number of rotatable bonds is 2. The fraction of sp³-hybridized carbons (Fsp3) is 0.533. The van der Waals surface area contributed by atoms with Gasteiger partial charge in [-0.2, -0.15) is 0 Å². The fourth-order valence-electron chi connectivity index (χ4n) is 2.29. The van der Waals surface area contributed by atoms with Crippen molar-refractivity contribution in [3.8, 4) is 0 Å². The van der Waals surface area contributed by atoms with Crippen LogP contribution in [0.3, 0.4) is 0 Å². The van der Waals surface area contributed by atoms with Gasteiger partial charge in [0.15, 0.2) is 0 Å². The van der Waals surface area contributed by atoms with Crippen LogP contribution >= 0.6 is 11.6 Å². The number of nitro groups is 1. The van der Waals surface area contributed by atoms with E-state index in [4.69, 9.17) is 16.3 Å². The van der Waals surface area contributed by atoms with Gasteiger partial charge in [-0.1, -0.05) is 11.6 Å². The molecule has 0 aliphatic carbocycles. The molecule has 1 aromatic carbocycles. The van der Waals surface area contributed by atoms with E-state index in [-0.39, 0.29) is 5.69 Å². The van der Waals surface area contributed by atoms with Crippen LogP contribution in [0.4, 0.5) is 16.2 Å². The fourth-order valence-corrected chi connectivity index (χ4v) is 2.63. The average molecular weight is 342 g/mol. The molecule has 1 heterocycles. The number of nitro benzene ring substituents is 1. The minimum atomic E-state index is -0.566. The quantitative estimate of drug-likeness (QED) is 0.357. The predicted octanol–water partition coefficient (Wildman–Crippen LogP) is 3.22. The topological polar surface area (TPSA) is 75.9 Å². The molecule has 8 heteroatoms. The number of amides is 1. The molecule has 1 aliphatic rings. The van der Waals surface area contributed by atoms with Gasteiger partial charge in [-0.15, -0.1) is 0 Å². The second-order valence-electron chi connectivity index (χ2n) is 6.33. The van der Waals surface area contributed by atoms with Crippen molar-refractivity contribution in [2.45, 2.75) is 31.9 Å². The Balaban J connectivity index is 2.00. The summed E-state index contributed by atoms with van der Waals surface area (Å²) in [6.07, 6.45) is -0.430. The molecule has 7 nitrogen and oxygen atoms in total. The molecule has 0 spiro atoms. The Labute approximate surface area is 139 Å². The van der Waals surface area contributed by atoms with Gasteiger partial charge in [0.25, 0.3) is 5.69 Å². The van der Waals surface area contributed by atoms with Crippen molar-refractivity contribution in [1.29, 1.82) is 0 Å². The van der Waals surface area contributed by atoms with Gasteiger partial charge < -0.3 is 9.64 Å². The Hall–Kier alpha value is -2.02. The largest absolute Gasteiger partial charge is 0.444 e. The summed E-state index contributed by atoms with van der Waals surface area (Å²) in [5.41, 5.74) is -0.203. The highest BCUT2D eigenvalue weighted by Crippen LogP contribution is 2.24. The zero-order valence-electron chi connectivity index (χ0n) is 13.4. The number of non-ortho nitro benzene ring substituents is 1. The van der Waals surface area contributed by atoms with E-state index >= 15 is 0 Å². The molecule has 0 N–H and O–H groups in total. The lowest BCUT2D eigenvalue weighted by Gasteiger charge is -2.39. The number of nitrogens with zero attached hydrogens (tertiary/aromatic N) is 3. The smallest absolute Gasteiger partial charge is 0.411 e. The van der Waals surface area contributed by atoms with Crippen LogP contribution < -0.4 is 4.90 Å². The van der Waals surface area contributed by atoms with Crippen molar-refractivity contribution >= 4 is 29.1 Å². The van der Waals surface area contributed by atoms with Crippen LogP contribution in [0.1, 0.15) is 20.8 Å². The molecule has 0 bridgehead atoms. The first-order valence-corrected chi connectivity index (χ1v) is 7.74. The molecule has 126 valence electrons. The van der Waals surface area contributed by atoms with Gasteiger partial charge in [0.2, 0.25) is 0 Å². The standard InChI is InChI=1S/C15H20ClN3O4/c1-15(2,3)23-14(20)18-9-8-17(10-13(18)16)11-4-6-12(7-5-11)19(21)22/h4-7,13H,8-10H2,1-3H3. The summed E-state index contributed by atoms with van der Waals surface area (Å²) in [6, 6.07) is 6.29. The average Bonchev–Trinajstić information content (AvgIpc) is 2.45. The maximum Gasteiger partial charge on any atom is 0.411 e. The van der Waals surface area contributed by atoms with Crippen LogP contribution in [0.25, 0.3) is 0 Å². The van der Waals surface area contributed by atoms with E-state index in [9.17, 15) is 14.9 Å². The molecule has 1 saturated heterocycles. The van der Waals surface area contributed by atoms with E-state index in [0.29, 0.717) is 19.6 Å². The van der Waals surface area contributed by atoms with Crippen LogP contribution in [0, 0.1) is 10.1 Å². The number of piperazine rings is 1. The monoisotopic (exact) mass is 341 g/mol. The Morgan fingerprint density at radius 3 is 2.39 bits per heavy atom. The molecule has 0 aromatic heterocycles. The number of carbonyl (C=O) groups is 1. The Morgan fingerprint density at radius 1 is 1.30 bits per heavy atom. The van der Waals surface area contributed by atoms with E-state index < -0.39 is 22.1 Å². The molecule has 23 heavy (non-hydrogen) atoms. The lowest BCUT2D eigenvalue weighted by molar-refractivity contribution is -0.384. The van der Waals surface area contributed by atoms with Crippen molar-refractivity contribution < 1.29 is 14.5 Å². The molecule has 1 aromatic rings. The first kappa shape index (κ1) is 17.3. The van der Waals surface area contributed by atoms with Gasteiger partial charge in [-0.3, -0.25) is 15.0 Å². The van der Waals surface area contributed by atoms with Gasteiger partial charge in [0.1, 0.15) is 11.1 Å². The van der Waals surface area contributed by atoms with Gasteiger partial charge in [-0.25, -0.2) is 4.79 Å². The molecule has 0 saturated carbocycles. The summed E-state index contributed by atoms with van der Waals surface area (Å²) in [6.45, 7) is 6.86. The van der Waals surface area contributed by atoms with Gasteiger partial charge in [0.05, 0.1) is 11.5 Å². The maximum atomic E-state index is 12.1. The summed E-state index contributed by atoms with van der Waals surface area (Å²) in [7, 11) is 0. The van der Waals surface area contributed by atoms with E-state index in [2.05, 4.69) is 0 Å². The number of halogens is 1. The van der Waals surface area contributed by atoms with Crippen molar-refractivity contribution in [1.82, 2.24) is 4.90 Å². The molecule has 1 atom stereocenters. The summed E-state index contributed by atoms with van der Waals surface area (Å²) < 4.78 is 5.34. The number of carbonyl (C=O) groups excluding carboxylic acids is 1. The second-order valence-corrected chi connectivity index (χ2v) is 6.83. The number of benzene rings is 1. The SMILES string of the molecule is CC(C)(C)OC(=O)N1CCN(c2ccc([N+](=O)[O-])cc2)CC1Cl. The molecular formula is C15H20ClN3O4. The minimum Gasteiger partial charge on any atom is -0.444 e. The van der Waals surface area contributed by atoms with Crippen LogP contribution in [0.15, 0.2) is 24.3 Å². The van der Waals surface area contributed by atoms with Gasteiger partial charge >= 0.3 is 6.09 Å². The van der Waals surface area contributed by atoms with E-state index in [0.717, 1.165) is 5.69 Å². The molecule has 2 rings (SSSR count). The van der Waals surface area contributed by atoms with Crippen molar-refractivity contribution in [3.05, 3.63) is 34.4 Å². The van der Waals surface area contributed by atoms with Crippen molar-refractivity contribution in [2.24, 2.45) is 0 Å². The molecule has 1 amide bonds. The van der Waals surface area contributed by atoms with Crippen LogP contribution in [-0.4, -0.2) is 46.7 Å². The minimum absolute atomic E-state index is 0.0450. The highest BCUT2D eigenvalue weighted by Gasteiger charge is 2.32. The molecule has 1 aliphatic heterocycles. The summed E-state index contributed by atoms with van der Waals surface area (Å²) in [5, 5.41) is 10.7. The number of anilines is 1. The Bertz CT molecular complexity index is 585. The molecule has 1 fully saturated rings. The zero-order chi connectivity index (χ0) is 17.2. The third kappa shape index (κ3) is 4.48. The number of hydrogen-bond donors (Lipinski definition) is 0. The molecular weight excluding hydrogens is 322 g/mol. The third-order valence-corrected chi connectivity index (χ3v) is 3.75. The van der Waals surface area contributed by atoms with Crippen molar-refractivity contribution in [2.75, 3.05) is 24.5 Å². The first-order chi connectivity index (χ1) is 10.7. The Morgan fingerprint density at radius 2 is 1.91 bits per heavy atom. The predicted molar refractivity (Wildman–Crippen MR) is 87.9 cm³/mol. The Kier molecular flexibility index (Phi) is 4.99. The third-order valence-electron chi connectivity index (χ3n) is 3.37. The maximum absolute atomic E-state index is 12.1. The summed E-state index contributed by atoms with van der Waals surface area (Å²) >= 11 is 6.31. The number of alkyl halides is 1. The highest BCUT2D eigenvalue weighted by atomic mass is 35.5. The van der Waals surface area contributed by atoms with Gasteiger partial charge in [0, 0.05) is 30.9 Å². The lowest BCUT2D eigenvalue weighted by atomic mass is 10.2. The van der Waals surface area contributed by atoms with E-state index in [1.54, 1.807) is 32.9 Å². The zero-order valence-corrected chi connectivity index (χ0v) is 14.1. The first-order valence-electron chi connectivity index (χ1n) is 7.30. The van der Waals surface area contributed by atoms with Crippen LogP contribution in [0.5, 0.6) is 0 Å². The summed E-state index contributed by atoms with van der Waals surface area (Å²) in [4.78, 5) is 25.8. The van der Waals surface area contributed by atoms with Crippen molar-refractivity contribution in [3.63, 3.8) is 0 Å². The van der Waals surface area contributed by atoms with Gasteiger partial charge in [-0.05, 0) is 32.9 Å². The number of hydrogen-bond acceptors (Lipinski definition) is 5. The van der Waals surface area contributed by atoms with E-state index in [1.165, 1.54) is 17.0 Å². The van der Waals surface area contributed by atoms with E-state index in [1.807, 2.05) is 4.90 Å². The lowest BCUT2D eigenvalue weighted by Crippen LogP contribution is -2.54. The molecule has 1 unspecified atom stereocenters. The number of ether oxygens (including phenoxy) is 1. The highest BCUT2D eigenvalue weighted by molar-refractivity contribution is 6.21. The van der Waals surface area contributed by atoms with Crippen LogP contribution in [0.2, 0.25) is 0 Å². The van der Waals surface area contributed by atoms with Crippen LogP contribution in [-0.2, 0) is 4.74 Å².